The molecule has 25 heavy (non-hydrogen) atoms. The Kier molecular flexibility index (Phi) is 4.74. The average molecular weight is 337 g/mol. The van der Waals surface area contributed by atoms with Crippen molar-refractivity contribution in [3.63, 3.8) is 0 Å². The second-order valence-electron chi connectivity index (χ2n) is 6.49. The number of anilines is 2. The highest BCUT2D eigenvalue weighted by Crippen LogP contribution is 2.22. The summed E-state index contributed by atoms with van der Waals surface area (Å²) >= 11 is 0. The number of rotatable bonds is 2. The molecule has 0 radical (unpaired) electrons. The van der Waals surface area contributed by atoms with Gasteiger partial charge in [0.25, 0.3) is 0 Å². The molecule has 1 aliphatic heterocycles. The Labute approximate surface area is 148 Å². The fraction of sp³-hybridized carbons (Fsp3) is 0.300. The van der Waals surface area contributed by atoms with Gasteiger partial charge in [0.15, 0.2) is 0 Å². The van der Waals surface area contributed by atoms with E-state index < -0.39 is 6.04 Å². The molecule has 1 saturated heterocycles. The van der Waals surface area contributed by atoms with Crippen molar-refractivity contribution in [3.8, 4) is 0 Å². The molecule has 1 N–H and O–H groups in total. The summed E-state index contributed by atoms with van der Waals surface area (Å²) in [6.45, 7) is 6.77. The minimum atomic E-state index is -0.500. The summed E-state index contributed by atoms with van der Waals surface area (Å²) in [7, 11) is 0. The van der Waals surface area contributed by atoms with Crippen molar-refractivity contribution in [2.45, 2.75) is 26.8 Å². The van der Waals surface area contributed by atoms with Gasteiger partial charge in [-0.15, -0.1) is 0 Å². The number of carbonyl (C=O) groups excluding carboxylic acids is 2. The van der Waals surface area contributed by atoms with Crippen LogP contribution in [0.25, 0.3) is 0 Å². The lowest BCUT2D eigenvalue weighted by Gasteiger charge is -2.39. The van der Waals surface area contributed by atoms with Crippen molar-refractivity contribution in [2.75, 3.05) is 23.3 Å². The lowest BCUT2D eigenvalue weighted by molar-refractivity contribution is -0.123. The number of hydrogen-bond donors (Lipinski definition) is 1. The molecule has 5 heteroatoms. The monoisotopic (exact) mass is 337 g/mol. The summed E-state index contributed by atoms with van der Waals surface area (Å²) in [6.07, 6.45) is 0. The van der Waals surface area contributed by atoms with E-state index in [2.05, 4.69) is 5.32 Å². The minimum Gasteiger partial charge on any atom is -0.311 e. The fourth-order valence-corrected chi connectivity index (χ4v) is 3.03. The highest BCUT2D eigenvalue weighted by molar-refractivity contribution is 6.01. The molecule has 3 rings (SSSR count). The van der Waals surface area contributed by atoms with E-state index in [1.54, 1.807) is 16.7 Å². The van der Waals surface area contributed by atoms with E-state index in [1.807, 2.05) is 62.4 Å². The van der Waals surface area contributed by atoms with Gasteiger partial charge in [-0.2, -0.15) is 0 Å². The normalized spacial score (nSPS) is 17.6. The average Bonchev–Trinajstić information content (AvgIpc) is 2.59. The first-order chi connectivity index (χ1) is 12.0. The fourth-order valence-electron chi connectivity index (χ4n) is 3.03. The molecule has 0 bridgehead atoms. The van der Waals surface area contributed by atoms with Gasteiger partial charge in [-0.3, -0.25) is 4.79 Å². The van der Waals surface area contributed by atoms with E-state index in [1.165, 1.54) is 0 Å². The number of amides is 3. The summed E-state index contributed by atoms with van der Waals surface area (Å²) in [4.78, 5) is 28.7. The van der Waals surface area contributed by atoms with Crippen molar-refractivity contribution in [1.29, 1.82) is 0 Å². The van der Waals surface area contributed by atoms with Gasteiger partial charge < -0.3 is 15.1 Å². The van der Waals surface area contributed by atoms with Crippen LogP contribution < -0.4 is 10.2 Å². The molecular weight excluding hydrogens is 314 g/mol. The molecule has 2 aromatic rings. The van der Waals surface area contributed by atoms with Crippen molar-refractivity contribution in [1.82, 2.24) is 4.90 Å². The zero-order chi connectivity index (χ0) is 18.0. The van der Waals surface area contributed by atoms with Crippen LogP contribution >= 0.6 is 0 Å². The molecule has 1 aliphatic rings. The number of aryl methyl sites for hydroxylation is 2. The lowest BCUT2D eigenvalue weighted by Crippen LogP contribution is -2.58. The van der Waals surface area contributed by atoms with Crippen molar-refractivity contribution in [3.05, 3.63) is 59.7 Å². The number of carbonyl (C=O) groups is 2. The molecule has 5 nitrogen and oxygen atoms in total. The minimum absolute atomic E-state index is 0.0593. The third-order valence-corrected chi connectivity index (χ3v) is 4.53. The van der Waals surface area contributed by atoms with Crippen LogP contribution in [0.1, 0.15) is 18.1 Å². The van der Waals surface area contributed by atoms with Crippen LogP contribution in [0.15, 0.2) is 48.5 Å². The number of hydrogen-bond acceptors (Lipinski definition) is 2. The van der Waals surface area contributed by atoms with E-state index in [4.69, 9.17) is 0 Å². The molecule has 0 aromatic heterocycles. The topological polar surface area (TPSA) is 52.7 Å². The molecule has 2 aromatic carbocycles. The summed E-state index contributed by atoms with van der Waals surface area (Å²) in [6, 6.07) is 14.7. The smallest absolute Gasteiger partial charge is 0.311 e. The van der Waals surface area contributed by atoms with Crippen molar-refractivity contribution < 1.29 is 9.59 Å². The lowest BCUT2D eigenvalue weighted by atomic mass is 10.1. The Hall–Kier alpha value is -2.82. The standard InChI is InChI=1S/C20H23N3O2/c1-14-7-9-17(10-8-14)21-20(25)22-11-12-23(19(24)16(22)3)18-6-4-5-15(2)13-18/h4-10,13,16H,11-12H2,1-3H3,(H,21,25). The highest BCUT2D eigenvalue weighted by atomic mass is 16.2. The van der Waals surface area contributed by atoms with Gasteiger partial charge in [-0.25, -0.2) is 4.79 Å². The largest absolute Gasteiger partial charge is 0.322 e. The van der Waals surface area contributed by atoms with Gasteiger partial charge >= 0.3 is 6.03 Å². The predicted molar refractivity (Wildman–Crippen MR) is 99.9 cm³/mol. The molecule has 1 unspecified atom stereocenters. The zero-order valence-electron chi connectivity index (χ0n) is 14.8. The van der Waals surface area contributed by atoms with E-state index >= 15 is 0 Å². The van der Waals surface area contributed by atoms with Gasteiger partial charge in [-0.1, -0.05) is 29.8 Å². The Morgan fingerprint density at radius 1 is 1.04 bits per heavy atom. The quantitative estimate of drug-likeness (QED) is 0.911. The molecule has 0 spiro atoms. The summed E-state index contributed by atoms with van der Waals surface area (Å²) in [5.41, 5.74) is 3.86. The van der Waals surface area contributed by atoms with E-state index in [9.17, 15) is 9.59 Å². The molecular formula is C20H23N3O2. The second-order valence-corrected chi connectivity index (χ2v) is 6.49. The maximum Gasteiger partial charge on any atom is 0.322 e. The van der Waals surface area contributed by atoms with Crippen LogP contribution in [0.3, 0.4) is 0 Å². The Balaban J connectivity index is 1.70. The molecule has 1 atom stereocenters. The number of urea groups is 1. The summed E-state index contributed by atoms with van der Waals surface area (Å²) in [5, 5.41) is 2.87. The Bertz CT molecular complexity index is 786. The first-order valence-electron chi connectivity index (χ1n) is 8.48. The zero-order valence-corrected chi connectivity index (χ0v) is 14.8. The molecule has 1 heterocycles. The van der Waals surface area contributed by atoms with E-state index in [0.717, 1.165) is 22.5 Å². The molecule has 3 amide bonds. The van der Waals surface area contributed by atoms with Gasteiger partial charge in [0, 0.05) is 24.5 Å². The van der Waals surface area contributed by atoms with Gasteiger partial charge in [0.2, 0.25) is 5.91 Å². The van der Waals surface area contributed by atoms with Gasteiger partial charge in [0.05, 0.1) is 0 Å². The number of benzene rings is 2. The molecule has 0 saturated carbocycles. The van der Waals surface area contributed by atoms with Gasteiger partial charge in [-0.05, 0) is 50.6 Å². The summed E-state index contributed by atoms with van der Waals surface area (Å²) in [5.74, 6) is -0.0593. The third-order valence-electron chi connectivity index (χ3n) is 4.53. The van der Waals surface area contributed by atoms with Crippen LogP contribution in [0.2, 0.25) is 0 Å². The van der Waals surface area contributed by atoms with Crippen molar-refractivity contribution in [2.24, 2.45) is 0 Å². The highest BCUT2D eigenvalue weighted by Gasteiger charge is 2.35. The maximum absolute atomic E-state index is 12.8. The van der Waals surface area contributed by atoms with Crippen LogP contribution in [0, 0.1) is 13.8 Å². The first kappa shape index (κ1) is 17.0. The van der Waals surface area contributed by atoms with Crippen LogP contribution in [0.5, 0.6) is 0 Å². The predicted octanol–water partition coefficient (Wildman–Crippen LogP) is 3.57. The van der Waals surface area contributed by atoms with Gasteiger partial charge in [0.1, 0.15) is 6.04 Å². The maximum atomic E-state index is 12.8. The SMILES string of the molecule is Cc1ccc(NC(=O)N2CCN(c3cccc(C)c3)C(=O)C2C)cc1. The second kappa shape index (κ2) is 6.97. The van der Waals surface area contributed by atoms with E-state index in [-0.39, 0.29) is 11.9 Å². The Morgan fingerprint density at radius 2 is 1.76 bits per heavy atom. The third kappa shape index (κ3) is 3.65. The first-order valence-corrected chi connectivity index (χ1v) is 8.48. The van der Waals surface area contributed by atoms with Crippen LogP contribution in [-0.2, 0) is 4.79 Å². The van der Waals surface area contributed by atoms with Crippen molar-refractivity contribution >= 4 is 23.3 Å². The van der Waals surface area contributed by atoms with E-state index in [0.29, 0.717) is 13.1 Å². The molecule has 0 aliphatic carbocycles. The molecule has 130 valence electrons. The number of nitrogens with one attached hydrogen (secondary N) is 1. The number of piperazine rings is 1. The molecule has 1 fully saturated rings. The summed E-state index contributed by atoms with van der Waals surface area (Å²) < 4.78 is 0. The Morgan fingerprint density at radius 3 is 2.44 bits per heavy atom. The van der Waals surface area contributed by atoms with Crippen LogP contribution in [-0.4, -0.2) is 36.0 Å². The number of nitrogens with zero attached hydrogens (tertiary/aromatic N) is 2. The van der Waals surface area contributed by atoms with Crippen LogP contribution in [0.4, 0.5) is 16.2 Å².